The zero-order valence-corrected chi connectivity index (χ0v) is 12.5. The van der Waals surface area contributed by atoms with Gasteiger partial charge in [0.2, 0.25) is 0 Å². The second-order valence-electron chi connectivity index (χ2n) is 3.68. The molecule has 0 radical (unpaired) electrons. The van der Waals surface area contributed by atoms with Gasteiger partial charge in [0.1, 0.15) is 6.61 Å². The maximum absolute atomic E-state index is 11.6. The zero-order valence-electron chi connectivity index (χ0n) is 9.36. The first-order valence-electron chi connectivity index (χ1n) is 5.27. The molecule has 0 saturated carbocycles. The minimum atomic E-state index is -0.266. The summed E-state index contributed by atoms with van der Waals surface area (Å²) >= 11 is 10.7. The first-order valence-corrected chi connectivity index (χ1v) is 7.32. The molecular weight excluding hydrogens is 336 g/mol. The van der Waals surface area contributed by atoms with Gasteiger partial charge in [0, 0.05) is 4.47 Å². The Labute approximate surface area is 123 Å². The highest BCUT2D eigenvalue weighted by molar-refractivity contribution is 9.10. The van der Waals surface area contributed by atoms with Crippen molar-refractivity contribution in [3.8, 4) is 0 Å². The van der Waals surface area contributed by atoms with E-state index in [0.717, 1.165) is 15.6 Å². The van der Waals surface area contributed by atoms with Crippen LogP contribution in [0.3, 0.4) is 0 Å². The van der Waals surface area contributed by atoms with Crippen molar-refractivity contribution in [2.75, 3.05) is 0 Å². The van der Waals surface area contributed by atoms with Crippen molar-refractivity contribution in [2.24, 2.45) is 0 Å². The Morgan fingerprint density at radius 2 is 2.00 bits per heavy atom. The minimum Gasteiger partial charge on any atom is -0.461 e. The number of benzene rings is 1. The predicted octanol–water partition coefficient (Wildman–Crippen LogP) is 4.45. The quantitative estimate of drug-likeness (QED) is 0.765. The number of hydrogen-bond acceptors (Lipinski definition) is 3. The summed E-state index contributed by atoms with van der Waals surface area (Å²) in [7, 11) is 0. The van der Waals surface area contributed by atoms with E-state index in [0.29, 0.717) is 4.34 Å². The average Bonchev–Trinajstić information content (AvgIpc) is 2.74. The molecule has 0 fully saturated rings. The van der Waals surface area contributed by atoms with E-state index in [1.165, 1.54) is 11.3 Å². The zero-order chi connectivity index (χ0) is 13.0. The number of ether oxygens (including phenoxy) is 1. The van der Waals surface area contributed by atoms with E-state index in [9.17, 15) is 4.79 Å². The van der Waals surface area contributed by atoms with Crippen LogP contribution in [0.1, 0.15) is 11.1 Å². The summed E-state index contributed by atoms with van der Waals surface area (Å²) in [5.74, 6) is -0.266. The van der Waals surface area contributed by atoms with Crippen molar-refractivity contribution in [1.82, 2.24) is 0 Å². The Hall–Kier alpha value is -0.840. The third kappa shape index (κ3) is 3.83. The van der Waals surface area contributed by atoms with Gasteiger partial charge in [-0.3, -0.25) is 4.79 Å². The van der Waals surface area contributed by atoms with Crippen LogP contribution in [-0.4, -0.2) is 5.97 Å². The largest absolute Gasteiger partial charge is 0.461 e. The normalized spacial score (nSPS) is 10.3. The van der Waals surface area contributed by atoms with Gasteiger partial charge in [-0.2, -0.15) is 0 Å². The molecule has 1 heterocycles. The van der Waals surface area contributed by atoms with E-state index in [1.807, 2.05) is 35.7 Å². The van der Waals surface area contributed by atoms with Gasteiger partial charge in [0.15, 0.2) is 0 Å². The monoisotopic (exact) mass is 344 g/mol. The van der Waals surface area contributed by atoms with Crippen LogP contribution >= 0.6 is 38.9 Å². The molecule has 0 N–H and O–H groups in total. The van der Waals surface area contributed by atoms with Crippen molar-refractivity contribution >= 4 is 44.8 Å². The number of carbonyl (C=O) groups is 1. The molecule has 0 spiro atoms. The minimum absolute atomic E-state index is 0.221. The third-order valence-electron chi connectivity index (χ3n) is 2.34. The molecule has 2 nitrogen and oxygen atoms in total. The second kappa shape index (κ2) is 6.36. The van der Waals surface area contributed by atoms with Crippen LogP contribution in [0, 0.1) is 0 Å². The molecule has 2 rings (SSSR count). The Balaban J connectivity index is 1.85. The molecule has 0 amide bonds. The van der Waals surface area contributed by atoms with Gasteiger partial charge >= 0.3 is 5.97 Å². The highest BCUT2D eigenvalue weighted by Gasteiger charge is 2.09. The predicted molar refractivity (Wildman–Crippen MR) is 77.0 cm³/mol. The summed E-state index contributed by atoms with van der Waals surface area (Å²) in [6.45, 7) is 0.286. The maximum atomic E-state index is 11.6. The molecule has 0 aliphatic heterocycles. The van der Waals surface area contributed by atoms with Gasteiger partial charge in [-0.15, -0.1) is 11.3 Å². The molecule has 0 bridgehead atoms. The van der Waals surface area contributed by atoms with Crippen molar-refractivity contribution in [1.29, 1.82) is 0 Å². The van der Waals surface area contributed by atoms with Gasteiger partial charge in [0.25, 0.3) is 0 Å². The van der Waals surface area contributed by atoms with E-state index in [1.54, 1.807) is 0 Å². The molecule has 18 heavy (non-hydrogen) atoms. The fourth-order valence-corrected chi connectivity index (χ4v) is 2.59. The SMILES string of the molecule is O=C(Cc1ccsc1Cl)OCc1ccc(Br)cc1. The van der Waals surface area contributed by atoms with Crippen LogP contribution in [-0.2, 0) is 22.6 Å². The smallest absolute Gasteiger partial charge is 0.310 e. The standard InChI is InChI=1S/C13H10BrClO2S/c14-11-3-1-9(2-4-11)8-17-12(16)7-10-5-6-18-13(10)15/h1-6H,7-8H2. The number of rotatable bonds is 4. The summed E-state index contributed by atoms with van der Waals surface area (Å²) in [6, 6.07) is 9.50. The molecule has 0 unspecified atom stereocenters. The van der Waals surface area contributed by atoms with Crippen molar-refractivity contribution < 1.29 is 9.53 Å². The number of halogens is 2. The summed E-state index contributed by atoms with van der Waals surface area (Å²) in [5, 5.41) is 1.86. The lowest BCUT2D eigenvalue weighted by Crippen LogP contribution is -2.07. The van der Waals surface area contributed by atoms with Crippen LogP contribution in [0.2, 0.25) is 4.34 Å². The van der Waals surface area contributed by atoms with E-state index in [-0.39, 0.29) is 19.0 Å². The molecule has 94 valence electrons. The summed E-state index contributed by atoms with van der Waals surface area (Å²) in [6.07, 6.45) is 0.221. The third-order valence-corrected chi connectivity index (χ3v) is 4.12. The Bertz CT molecular complexity index is 536. The van der Waals surface area contributed by atoms with Crippen molar-refractivity contribution in [3.05, 3.63) is 55.6 Å². The van der Waals surface area contributed by atoms with Crippen molar-refractivity contribution in [3.63, 3.8) is 0 Å². The van der Waals surface area contributed by atoms with E-state index in [4.69, 9.17) is 16.3 Å². The van der Waals surface area contributed by atoms with Gasteiger partial charge in [0.05, 0.1) is 10.8 Å². The molecule has 0 aliphatic rings. The Kier molecular flexibility index (Phi) is 4.80. The summed E-state index contributed by atoms with van der Waals surface area (Å²) in [5.41, 5.74) is 1.78. The molecule has 2 aromatic rings. The number of carbonyl (C=O) groups excluding carboxylic acids is 1. The first kappa shape index (κ1) is 13.6. The molecule has 5 heteroatoms. The second-order valence-corrected chi connectivity index (χ2v) is 6.12. The lowest BCUT2D eigenvalue weighted by atomic mass is 10.2. The number of thiophene rings is 1. The molecule has 1 aromatic heterocycles. The molecule has 0 aliphatic carbocycles. The van der Waals surface area contributed by atoms with Crippen LogP contribution < -0.4 is 0 Å². The fourth-order valence-electron chi connectivity index (χ4n) is 1.40. The number of hydrogen-bond donors (Lipinski definition) is 0. The molecule has 0 atom stereocenters. The topological polar surface area (TPSA) is 26.3 Å². The maximum Gasteiger partial charge on any atom is 0.310 e. The van der Waals surface area contributed by atoms with Crippen LogP contribution in [0.4, 0.5) is 0 Å². The fraction of sp³-hybridized carbons (Fsp3) is 0.154. The molecular formula is C13H10BrClO2S. The first-order chi connectivity index (χ1) is 8.65. The van der Waals surface area contributed by atoms with Gasteiger partial charge in [-0.05, 0) is 34.7 Å². The highest BCUT2D eigenvalue weighted by Crippen LogP contribution is 2.23. The summed E-state index contributed by atoms with van der Waals surface area (Å²) < 4.78 is 6.84. The Morgan fingerprint density at radius 1 is 1.28 bits per heavy atom. The number of esters is 1. The lowest BCUT2D eigenvalue weighted by Gasteiger charge is -2.04. The summed E-state index contributed by atoms with van der Waals surface area (Å²) in [4.78, 5) is 11.6. The Morgan fingerprint density at radius 3 is 2.61 bits per heavy atom. The van der Waals surface area contributed by atoms with Crippen molar-refractivity contribution in [2.45, 2.75) is 13.0 Å². The van der Waals surface area contributed by atoms with Gasteiger partial charge in [-0.25, -0.2) is 0 Å². The van der Waals surface area contributed by atoms with E-state index >= 15 is 0 Å². The van der Waals surface area contributed by atoms with Gasteiger partial charge < -0.3 is 4.74 Å². The van der Waals surface area contributed by atoms with E-state index in [2.05, 4.69) is 15.9 Å². The average molecular weight is 346 g/mol. The van der Waals surface area contributed by atoms with Crippen LogP contribution in [0.25, 0.3) is 0 Å². The molecule has 0 saturated heterocycles. The highest BCUT2D eigenvalue weighted by atomic mass is 79.9. The van der Waals surface area contributed by atoms with Gasteiger partial charge in [-0.1, -0.05) is 39.7 Å². The van der Waals surface area contributed by atoms with E-state index < -0.39 is 0 Å². The lowest BCUT2D eigenvalue weighted by molar-refractivity contribution is -0.144. The van der Waals surface area contributed by atoms with Crippen LogP contribution in [0.15, 0.2) is 40.2 Å². The van der Waals surface area contributed by atoms with Crippen LogP contribution in [0.5, 0.6) is 0 Å². The molecule has 1 aromatic carbocycles.